The fraction of sp³-hybridized carbons (Fsp3) is 0.250. The van der Waals surface area contributed by atoms with Gasteiger partial charge in [0.25, 0.3) is 0 Å². The Morgan fingerprint density at radius 1 is 1.43 bits per heavy atom. The van der Waals surface area contributed by atoms with Crippen LogP contribution in [-0.2, 0) is 23.2 Å². The maximum Gasteiger partial charge on any atom is 0.304 e. The number of sulfonamides is 1. The zero-order valence-corrected chi connectivity index (χ0v) is 12.8. The van der Waals surface area contributed by atoms with Gasteiger partial charge < -0.3 is 14.8 Å². The molecule has 0 atom stereocenters. The summed E-state index contributed by atoms with van der Waals surface area (Å²) in [5.41, 5.74) is 1.03. The van der Waals surface area contributed by atoms with E-state index in [-0.39, 0.29) is 28.7 Å². The molecule has 0 bridgehead atoms. The first-order valence-corrected chi connectivity index (χ1v) is 8.26. The number of methoxy groups -OCH3 is 1. The molecule has 21 heavy (non-hydrogen) atoms. The summed E-state index contributed by atoms with van der Waals surface area (Å²) in [5, 5.41) is 10.6. The Bertz CT molecular complexity index is 779. The van der Waals surface area contributed by atoms with Crippen LogP contribution in [-0.4, -0.2) is 25.6 Å². The monoisotopic (exact) mass is 330 g/mol. The van der Waals surface area contributed by atoms with Crippen LogP contribution in [0.15, 0.2) is 33.3 Å². The lowest BCUT2D eigenvalue weighted by molar-refractivity contribution is 0.280. The number of ether oxygens (including phenoxy) is 1. The average molecular weight is 330 g/mol. The number of hydrogen-bond donors (Lipinski definition) is 3. The lowest BCUT2D eigenvalue weighted by atomic mass is 10.2. The van der Waals surface area contributed by atoms with Gasteiger partial charge in [0.1, 0.15) is 10.6 Å². The predicted molar refractivity (Wildman–Crippen MR) is 77.9 cm³/mol. The number of aromatic amines is 1. The third-order valence-electron chi connectivity index (χ3n) is 2.72. The largest absolute Gasteiger partial charge is 0.495 e. The van der Waals surface area contributed by atoms with Crippen molar-refractivity contribution in [1.29, 1.82) is 0 Å². The molecule has 0 saturated carbocycles. The molecule has 0 radical (unpaired) electrons. The summed E-state index contributed by atoms with van der Waals surface area (Å²) in [7, 11) is -2.44. The highest BCUT2D eigenvalue weighted by molar-refractivity contribution is 7.89. The lowest BCUT2D eigenvalue weighted by Gasteiger charge is -2.11. The summed E-state index contributed by atoms with van der Waals surface area (Å²) in [6.07, 6.45) is 0. The minimum atomic E-state index is -3.79. The number of aliphatic hydroxyl groups excluding tert-OH is 1. The number of rotatable bonds is 6. The minimum absolute atomic E-state index is 0.0218. The van der Waals surface area contributed by atoms with Crippen molar-refractivity contribution in [1.82, 2.24) is 9.71 Å². The molecule has 0 aliphatic heterocycles. The van der Waals surface area contributed by atoms with Gasteiger partial charge in [0.15, 0.2) is 0 Å². The third kappa shape index (κ3) is 3.70. The standard InChI is InChI=1S/C12H14N2O5S2/c1-19-10-4-8(6-15)2-3-11(10)21(17,18)13-5-9-7-20-12(16)14-9/h2-4,7,13,15H,5-6H2,1H3,(H,14,16). The molecule has 0 aliphatic carbocycles. The normalized spacial score (nSPS) is 11.5. The smallest absolute Gasteiger partial charge is 0.304 e. The summed E-state index contributed by atoms with van der Waals surface area (Å²) in [6, 6.07) is 4.33. The molecule has 0 aliphatic rings. The topological polar surface area (TPSA) is 108 Å². The zero-order valence-electron chi connectivity index (χ0n) is 11.1. The second-order valence-electron chi connectivity index (χ2n) is 4.14. The second kappa shape index (κ2) is 6.39. The van der Waals surface area contributed by atoms with Crippen molar-refractivity contribution < 1.29 is 18.3 Å². The molecule has 9 heteroatoms. The molecule has 0 spiro atoms. The van der Waals surface area contributed by atoms with Crippen molar-refractivity contribution >= 4 is 21.4 Å². The van der Waals surface area contributed by atoms with Gasteiger partial charge in [-0.1, -0.05) is 17.4 Å². The van der Waals surface area contributed by atoms with Crippen molar-refractivity contribution in [2.45, 2.75) is 18.0 Å². The molecule has 7 nitrogen and oxygen atoms in total. The summed E-state index contributed by atoms with van der Waals surface area (Å²) in [5.74, 6) is 0.146. The molecule has 1 aromatic heterocycles. The van der Waals surface area contributed by atoms with Crippen molar-refractivity contribution in [3.63, 3.8) is 0 Å². The van der Waals surface area contributed by atoms with Crippen molar-refractivity contribution in [3.05, 3.63) is 44.5 Å². The molecule has 2 aromatic rings. The van der Waals surface area contributed by atoms with Gasteiger partial charge in [0.05, 0.1) is 20.3 Å². The minimum Gasteiger partial charge on any atom is -0.495 e. The number of benzene rings is 1. The fourth-order valence-electron chi connectivity index (χ4n) is 1.68. The number of nitrogens with one attached hydrogen (secondary N) is 2. The van der Waals surface area contributed by atoms with E-state index >= 15 is 0 Å². The second-order valence-corrected chi connectivity index (χ2v) is 6.72. The molecular weight excluding hydrogens is 316 g/mol. The number of H-pyrrole nitrogens is 1. The van der Waals surface area contributed by atoms with Crippen LogP contribution < -0.4 is 14.3 Å². The predicted octanol–water partition coefficient (Wildman–Crippen LogP) is 0.416. The molecule has 114 valence electrons. The molecule has 3 N–H and O–H groups in total. The van der Waals surface area contributed by atoms with Crippen molar-refractivity contribution in [2.75, 3.05) is 7.11 Å². The summed E-state index contributed by atoms with van der Waals surface area (Å²) in [4.78, 5) is 13.2. The van der Waals surface area contributed by atoms with Gasteiger partial charge in [-0.25, -0.2) is 13.1 Å². The molecule has 1 heterocycles. The maximum atomic E-state index is 12.2. The molecule has 0 fully saturated rings. The van der Waals surface area contributed by atoms with Gasteiger partial charge in [-0.05, 0) is 17.7 Å². The van der Waals surface area contributed by atoms with E-state index in [0.29, 0.717) is 11.3 Å². The van der Waals surface area contributed by atoms with Crippen LogP contribution in [0.3, 0.4) is 0 Å². The molecule has 0 saturated heterocycles. The van der Waals surface area contributed by atoms with Gasteiger partial charge in [-0.3, -0.25) is 4.79 Å². The summed E-state index contributed by atoms with van der Waals surface area (Å²) in [6.45, 7) is -0.230. The van der Waals surface area contributed by atoms with Crippen molar-refractivity contribution in [3.8, 4) is 5.75 Å². The SMILES string of the molecule is COc1cc(CO)ccc1S(=O)(=O)NCc1csc(=O)[nH]1. The first-order chi connectivity index (χ1) is 9.96. The average Bonchev–Trinajstić information content (AvgIpc) is 2.90. The molecular formula is C12H14N2O5S2. The Morgan fingerprint density at radius 3 is 2.76 bits per heavy atom. The van der Waals surface area contributed by atoms with E-state index in [1.807, 2.05) is 0 Å². The van der Waals surface area contributed by atoms with Crippen LogP contribution in [0, 0.1) is 0 Å². The Hall–Kier alpha value is -1.68. The van der Waals surface area contributed by atoms with Crippen LogP contribution in [0.1, 0.15) is 11.3 Å². The van der Waals surface area contributed by atoms with E-state index in [2.05, 4.69) is 9.71 Å². The van der Waals surface area contributed by atoms with Crippen LogP contribution in [0.4, 0.5) is 0 Å². The van der Waals surface area contributed by atoms with Gasteiger partial charge in [-0.15, -0.1) is 0 Å². The molecule has 1 aromatic carbocycles. The Kier molecular flexibility index (Phi) is 4.78. The molecule has 2 rings (SSSR count). The summed E-state index contributed by atoms with van der Waals surface area (Å²) < 4.78 is 31.9. The van der Waals surface area contributed by atoms with Crippen LogP contribution >= 0.6 is 11.3 Å². The first kappa shape index (κ1) is 15.7. The highest BCUT2D eigenvalue weighted by Crippen LogP contribution is 2.25. The summed E-state index contributed by atoms with van der Waals surface area (Å²) >= 11 is 0.965. The number of aliphatic hydroxyl groups is 1. The van der Waals surface area contributed by atoms with E-state index in [0.717, 1.165) is 11.3 Å². The lowest BCUT2D eigenvalue weighted by Crippen LogP contribution is -2.24. The highest BCUT2D eigenvalue weighted by atomic mass is 32.2. The fourth-order valence-corrected chi connectivity index (χ4v) is 3.42. The van der Waals surface area contributed by atoms with E-state index < -0.39 is 10.0 Å². The van der Waals surface area contributed by atoms with Gasteiger partial charge in [-0.2, -0.15) is 0 Å². The van der Waals surface area contributed by atoms with Crippen molar-refractivity contribution in [2.24, 2.45) is 0 Å². The third-order valence-corrected chi connectivity index (χ3v) is 4.88. The van der Waals surface area contributed by atoms with Crippen LogP contribution in [0.5, 0.6) is 5.75 Å². The zero-order chi connectivity index (χ0) is 15.5. The molecule has 0 unspecified atom stereocenters. The van der Waals surface area contributed by atoms with Gasteiger partial charge >= 0.3 is 4.87 Å². The van der Waals surface area contributed by atoms with Gasteiger partial charge in [0, 0.05) is 11.1 Å². The van der Waals surface area contributed by atoms with Crippen LogP contribution in [0.2, 0.25) is 0 Å². The Morgan fingerprint density at radius 2 is 2.19 bits per heavy atom. The first-order valence-electron chi connectivity index (χ1n) is 5.90. The van der Waals surface area contributed by atoms with E-state index in [1.165, 1.54) is 25.3 Å². The maximum absolute atomic E-state index is 12.2. The number of aromatic nitrogens is 1. The van der Waals surface area contributed by atoms with E-state index in [4.69, 9.17) is 9.84 Å². The van der Waals surface area contributed by atoms with Gasteiger partial charge in [0.2, 0.25) is 10.0 Å². The Labute approximate surface area is 125 Å². The highest BCUT2D eigenvalue weighted by Gasteiger charge is 2.19. The number of thiazole rings is 1. The van der Waals surface area contributed by atoms with E-state index in [1.54, 1.807) is 5.38 Å². The quantitative estimate of drug-likeness (QED) is 0.711. The number of hydrogen-bond acceptors (Lipinski definition) is 6. The Balaban J connectivity index is 2.24. The van der Waals surface area contributed by atoms with Crippen LogP contribution in [0.25, 0.3) is 0 Å². The molecule has 0 amide bonds. The van der Waals surface area contributed by atoms with E-state index in [9.17, 15) is 13.2 Å².